The fourth-order valence-electron chi connectivity index (χ4n) is 4.43. The van der Waals surface area contributed by atoms with Gasteiger partial charge in [0.1, 0.15) is 5.82 Å². The lowest BCUT2D eigenvalue weighted by molar-refractivity contribution is -0.136. The van der Waals surface area contributed by atoms with Gasteiger partial charge in [0.15, 0.2) is 11.6 Å². The lowest BCUT2D eigenvalue weighted by Crippen LogP contribution is -2.47. The number of carbonyl (C=O) groups is 1. The lowest BCUT2D eigenvalue weighted by Gasteiger charge is -2.34. The molecule has 0 radical (unpaired) electrons. The zero-order valence-corrected chi connectivity index (χ0v) is 21.8. The van der Waals surface area contributed by atoms with Crippen LogP contribution < -0.4 is 10.6 Å². The van der Waals surface area contributed by atoms with Gasteiger partial charge in [0.25, 0.3) is 0 Å². The van der Waals surface area contributed by atoms with Gasteiger partial charge in [-0.2, -0.15) is 11.8 Å². The second kappa shape index (κ2) is 12.6. The molecule has 2 aromatic heterocycles. The molecule has 2 N–H and O–H groups in total. The third-order valence-corrected chi connectivity index (χ3v) is 7.16. The number of hydrogen-bond donors (Lipinski definition) is 2. The van der Waals surface area contributed by atoms with Crippen molar-refractivity contribution in [2.24, 2.45) is 10.9 Å². The molecule has 2 fully saturated rings. The minimum absolute atomic E-state index is 0. The smallest absolute Gasteiger partial charge is 0.225 e. The van der Waals surface area contributed by atoms with Crippen molar-refractivity contribution in [1.29, 1.82) is 0 Å². The Bertz CT molecular complexity index is 891. The van der Waals surface area contributed by atoms with E-state index in [4.69, 9.17) is 0 Å². The van der Waals surface area contributed by atoms with Crippen molar-refractivity contribution in [2.75, 3.05) is 38.2 Å². The van der Waals surface area contributed by atoms with Crippen LogP contribution >= 0.6 is 35.7 Å². The van der Waals surface area contributed by atoms with E-state index in [1.165, 1.54) is 0 Å². The molecule has 1 saturated carbocycles. The highest BCUT2D eigenvalue weighted by molar-refractivity contribution is 14.0. The summed E-state index contributed by atoms with van der Waals surface area (Å²) < 4.78 is 2.04. The maximum absolute atomic E-state index is 12.7. The largest absolute Gasteiger partial charge is 0.356 e. The number of amides is 1. The summed E-state index contributed by atoms with van der Waals surface area (Å²) in [7, 11) is 1.81. The molecule has 2 aliphatic rings. The van der Waals surface area contributed by atoms with Gasteiger partial charge in [-0.3, -0.25) is 14.2 Å². The highest BCUT2D eigenvalue weighted by Crippen LogP contribution is 2.27. The van der Waals surface area contributed by atoms with E-state index in [9.17, 15) is 4.79 Å². The van der Waals surface area contributed by atoms with Crippen LogP contribution in [0.4, 0.5) is 0 Å². The fourth-order valence-corrected chi connectivity index (χ4v) is 5.33. The molecule has 1 aliphatic carbocycles. The van der Waals surface area contributed by atoms with Crippen molar-refractivity contribution in [3.05, 3.63) is 30.2 Å². The average molecular weight is 572 g/mol. The minimum Gasteiger partial charge on any atom is -0.356 e. The van der Waals surface area contributed by atoms with Crippen molar-refractivity contribution in [2.45, 2.75) is 44.6 Å². The number of thioether (sulfide) groups is 1. The molecule has 3 heterocycles. The number of fused-ring (bicyclic) bond motifs is 1. The lowest BCUT2D eigenvalue weighted by atomic mass is 9.85. The van der Waals surface area contributed by atoms with E-state index in [1.54, 1.807) is 0 Å². The van der Waals surface area contributed by atoms with Gasteiger partial charge in [0, 0.05) is 62.8 Å². The molecule has 4 rings (SSSR count). The van der Waals surface area contributed by atoms with Gasteiger partial charge >= 0.3 is 0 Å². The van der Waals surface area contributed by atoms with Gasteiger partial charge in [0.05, 0.1) is 0 Å². The van der Waals surface area contributed by atoms with Crippen LogP contribution in [-0.2, 0) is 11.2 Å². The van der Waals surface area contributed by atoms with E-state index in [1.807, 2.05) is 47.6 Å². The predicted octanol–water partition coefficient (Wildman–Crippen LogP) is 2.58. The highest BCUT2D eigenvalue weighted by Gasteiger charge is 2.30. The van der Waals surface area contributed by atoms with Gasteiger partial charge in [-0.15, -0.1) is 34.2 Å². The molecule has 10 heteroatoms. The van der Waals surface area contributed by atoms with Crippen LogP contribution in [0.1, 0.15) is 37.9 Å². The predicted molar refractivity (Wildman–Crippen MR) is 141 cm³/mol. The Kier molecular flexibility index (Phi) is 9.89. The molecule has 0 bridgehead atoms. The Hall–Kier alpha value is -1.56. The number of pyridine rings is 1. The second-order valence-electron chi connectivity index (χ2n) is 8.28. The van der Waals surface area contributed by atoms with E-state index >= 15 is 0 Å². The number of aliphatic imine (C=N–C) groups is 1. The van der Waals surface area contributed by atoms with Gasteiger partial charge in [-0.1, -0.05) is 6.07 Å². The van der Waals surface area contributed by atoms with Crippen LogP contribution in [0.25, 0.3) is 5.65 Å². The summed E-state index contributed by atoms with van der Waals surface area (Å²) in [6, 6.07) is 6.32. The van der Waals surface area contributed by atoms with Gasteiger partial charge in [0.2, 0.25) is 5.91 Å². The second-order valence-corrected chi connectivity index (χ2v) is 9.50. The first-order valence-corrected chi connectivity index (χ1v) is 12.5. The molecule has 0 atom stereocenters. The van der Waals surface area contributed by atoms with Gasteiger partial charge < -0.3 is 15.5 Å². The van der Waals surface area contributed by atoms with Crippen LogP contribution in [0.5, 0.6) is 0 Å². The van der Waals surface area contributed by atoms with Crippen molar-refractivity contribution < 1.29 is 4.79 Å². The molecule has 2 aromatic rings. The molecule has 0 unspecified atom stereocenters. The van der Waals surface area contributed by atoms with Crippen LogP contribution in [0.2, 0.25) is 0 Å². The van der Waals surface area contributed by atoms with Crippen molar-refractivity contribution in [3.63, 3.8) is 0 Å². The summed E-state index contributed by atoms with van der Waals surface area (Å²) in [5.41, 5.74) is 0.885. The molecule has 8 nitrogen and oxygen atoms in total. The van der Waals surface area contributed by atoms with Crippen molar-refractivity contribution >= 4 is 53.3 Å². The van der Waals surface area contributed by atoms with Gasteiger partial charge in [-0.25, -0.2) is 0 Å². The maximum atomic E-state index is 12.7. The van der Waals surface area contributed by atoms with Crippen LogP contribution in [0, 0.1) is 5.92 Å². The molecule has 0 aromatic carbocycles. The van der Waals surface area contributed by atoms with E-state index in [2.05, 4.69) is 30.7 Å². The number of halogens is 1. The summed E-state index contributed by atoms with van der Waals surface area (Å²) in [5.74, 6) is 4.57. The third kappa shape index (κ3) is 6.49. The third-order valence-electron chi connectivity index (χ3n) is 6.22. The quantitative estimate of drug-likeness (QED) is 0.240. The monoisotopic (exact) mass is 571 g/mol. The SMILES string of the molecule is CN=C(NCCCc1nnc2ccccn12)NC1CCC(C(=O)N2CCSCC2)CC1.I. The molecule has 0 spiro atoms. The van der Waals surface area contributed by atoms with E-state index < -0.39 is 0 Å². The Balaban J connectivity index is 0.00000289. The Morgan fingerprint density at radius 3 is 2.72 bits per heavy atom. The van der Waals surface area contributed by atoms with E-state index in [0.29, 0.717) is 11.9 Å². The standard InChI is InChI=1S/C22H33N7OS.HI/c1-23-22(24-11-4-6-20-27-26-19-5-2-3-12-29(19)20)25-18-9-7-17(8-10-18)21(30)28-13-15-31-16-14-28;/h2-3,5,12,17-18H,4,6-11,13-16H2,1H3,(H2,23,24,25);1H. The summed E-state index contributed by atoms with van der Waals surface area (Å²) in [6.07, 6.45) is 7.79. The molecule has 1 amide bonds. The first kappa shape index (κ1) is 25.1. The first-order chi connectivity index (χ1) is 15.2. The first-order valence-electron chi connectivity index (χ1n) is 11.4. The number of guanidine groups is 1. The summed E-state index contributed by atoms with van der Waals surface area (Å²) >= 11 is 1.95. The molecule has 1 saturated heterocycles. The molecule has 32 heavy (non-hydrogen) atoms. The molecule has 176 valence electrons. The zero-order chi connectivity index (χ0) is 21.5. The van der Waals surface area contributed by atoms with Crippen molar-refractivity contribution in [3.8, 4) is 0 Å². The number of nitrogens with one attached hydrogen (secondary N) is 2. The van der Waals surface area contributed by atoms with E-state index in [-0.39, 0.29) is 29.9 Å². The fraction of sp³-hybridized carbons (Fsp3) is 0.636. The number of nitrogens with zero attached hydrogens (tertiary/aromatic N) is 5. The number of aryl methyl sites for hydroxylation is 1. The summed E-state index contributed by atoms with van der Waals surface area (Å²) in [5, 5.41) is 15.5. The number of hydrogen-bond acceptors (Lipinski definition) is 5. The van der Waals surface area contributed by atoms with Crippen molar-refractivity contribution in [1.82, 2.24) is 30.1 Å². The Labute approximate surface area is 211 Å². The molecular weight excluding hydrogens is 537 g/mol. The molecule has 1 aliphatic heterocycles. The molecular formula is C22H34IN7OS. The number of carbonyl (C=O) groups excluding carboxylic acids is 1. The maximum Gasteiger partial charge on any atom is 0.225 e. The summed E-state index contributed by atoms with van der Waals surface area (Å²) in [4.78, 5) is 19.2. The number of aromatic nitrogens is 3. The Morgan fingerprint density at radius 1 is 1.19 bits per heavy atom. The normalized spacial score (nSPS) is 21.8. The minimum atomic E-state index is 0. The average Bonchev–Trinajstić information content (AvgIpc) is 3.24. The summed E-state index contributed by atoms with van der Waals surface area (Å²) in [6.45, 7) is 2.66. The van der Waals surface area contributed by atoms with Crippen LogP contribution in [0.15, 0.2) is 29.4 Å². The number of rotatable bonds is 6. The highest BCUT2D eigenvalue weighted by atomic mass is 127. The van der Waals surface area contributed by atoms with Crippen LogP contribution in [0.3, 0.4) is 0 Å². The topological polar surface area (TPSA) is 86.9 Å². The Morgan fingerprint density at radius 2 is 1.97 bits per heavy atom. The van der Waals surface area contributed by atoms with Crippen LogP contribution in [-0.4, -0.2) is 75.6 Å². The van der Waals surface area contributed by atoms with E-state index in [0.717, 1.165) is 87.1 Å². The zero-order valence-electron chi connectivity index (χ0n) is 18.7. The van der Waals surface area contributed by atoms with Gasteiger partial charge in [-0.05, 0) is 44.2 Å².